The van der Waals surface area contributed by atoms with Crippen LogP contribution >= 0.6 is 0 Å². The zero-order valence-electron chi connectivity index (χ0n) is 12.2. The smallest absolute Gasteiger partial charge is 0.293 e. The minimum absolute atomic E-state index is 0.222. The molecule has 0 aliphatic heterocycles. The van der Waals surface area contributed by atoms with Crippen LogP contribution in [0.3, 0.4) is 0 Å². The van der Waals surface area contributed by atoms with Gasteiger partial charge >= 0.3 is 0 Å². The molecule has 2 heteroatoms. The van der Waals surface area contributed by atoms with Crippen molar-refractivity contribution in [2.45, 2.75) is 65.4 Å². The maximum absolute atomic E-state index is 10.9. The molecule has 3 rings (SSSR count). The first kappa shape index (κ1) is 12.5. The van der Waals surface area contributed by atoms with E-state index in [4.69, 9.17) is 4.74 Å². The van der Waals surface area contributed by atoms with Gasteiger partial charge in [0.15, 0.2) is 0 Å². The van der Waals surface area contributed by atoms with E-state index >= 15 is 0 Å². The van der Waals surface area contributed by atoms with E-state index in [-0.39, 0.29) is 5.60 Å². The summed E-state index contributed by atoms with van der Waals surface area (Å²) in [6.07, 6.45) is 6.36. The molecule has 3 saturated carbocycles. The van der Waals surface area contributed by atoms with Crippen molar-refractivity contribution in [3.05, 3.63) is 0 Å². The van der Waals surface area contributed by atoms with Gasteiger partial charge in [-0.05, 0) is 61.7 Å². The highest BCUT2D eigenvalue weighted by atomic mass is 16.5. The van der Waals surface area contributed by atoms with E-state index in [0.29, 0.717) is 23.2 Å². The fourth-order valence-corrected chi connectivity index (χ4v) is 6.11. The normalized spacial score (nSPS) is 53.0. The second-order valence-electron chi connectivity index (χ2n) is 7.87. The average Bonchev–Trinajstić information content (AvgIpc) is 2.71. The van der Waals surface area contributed by atoms with Crippen LogP contribution in [-0.2, 0) is 9.53 Å². The Bertz CT molecular complexity index is 375. The standard InChI is InChI=1S/C16H26O2/c1-11-5-6-12-14(2,3)13-9-16(11,12)8-7-15(13,4)18-10-17/h10-13H,5-9H2,1-4H3/t11-,12-,13+,15-,16-/m1/s1. The predicted octanol–water partition coefficient (Wildman–Crippen LogP) is 3.79. The van der Waals surface area contributed by atoms with Gasteiger partial charge in [-0.1, -0.05) is 20.8 Å². The minimum atomic E-state index is -0.222. The SMILES string of the molecule is C[C@@H]1CC[C@@H]2C(C)(C)[C@@H]3C[C@]12CC[C@@]3(C)OC=O. The molecule has 3 fully saturated rings. The van der Waals surface area contributed by atoms with E-state index in [1.807, 2.05) is 0 Å². The molecule has 3 aliphatic rings. The summed E-state index contributed by atoms with van der Waals surface area (Å²) in [7, 11) is 0. The summed E-state index contributed by atoms with van der Waals surface area (Å²) in [4.78, 5) is 10.9. The quantitative estimate of drug-likeness (QED) is 0.697. The van der Waals surface area contributed by atoms with Crippen molar-refractivity contribution >= 4 is 6.47 Å². The number of hydrogen-bond acceptors (Lipinski definition) is 2. The molecule has 0 saturated heterocycles. The molecule has 2 bridgehead atoms. The Labute approximate surface area is 110 Å². The predicted molar refractivity (Wildman–Crippen MR) is 71.0 cm³/mol. The highest BCUT2D eigenvalue weighted by Crippen LogP contribution is 2.73. The summed E-state index contributed by atoms with van der Waals surface area (Å²) in [6, 6.07) is 0. The molecule has 0 heterocycles. The number of hydrogen-bond donors (Lipinski definition) is 0. The van der Waals surface area contributed by atoms with E-state index in [1.54, 1.807) is 0 Å². The highest BCUT2D eigenvalue weighted by Gasteiger charge is 2.68. The average molecular weight is 250 g/mol. The van der Waals surface area contributed by atoms with Crippen LogP contribution in [0.5, 0.6) is 0 Å². The zero-order valence-corrected chi connectivity index (χ0v) is 12.2. The van der Waals surface area contributed by atoms with E-state index in [1.165, 1.54) is 25.7 Å². The van der Waals surface area contributed by atoms with Crippen LogP contribution in [-0.4, -0.2) is 12.1 Å². The minimum Gasteiger partial charge on any atom is -0.461 e. The third-order valence-corrected chi connectivity index (χ3v) is 7.09. The lowest BCUT2D eigenvalue weighted by atomic mass is 9.64. The fraction of sp³-hybridized carbons (Fsp3) is 0.938. The van der Waals surface area contributed by atoms with Crippen LogP contribution < -0.4 is 0 Å². The van der Waals surface area contributed by atoms with E-state index < -0.39 is 0 Å². The molecule has 18 heavy (non-hydrogen) atoms. The van der Waals surface area contributed by atoms with Crippen LogP contribution in [0.25, 0.3) is 0 Å². The van der Waals surface area contributed by atoms with Crippen molar-refractivity contribution in [1.82, 2.24) is 0 Å². The first-order valence-electron chi connectivity index (χ1n) is 7.48. The van der Waals surface area contributed by atoms with Crippen LogP contribution in [0.15, 0.2) is 0 Å². The van der Waals surface area contributed by atoms with Crippen molar-refractivity contribution in [3.8, 4) is 0 Å². The number of fused-ring (bicyclic) bond motifs is 1. The first-order chi connectivity index (χ1) is 8.37. The molecule has 2 nitrogen and oxygen atoms in total. The van der Waals surface area contributed by atoms with Crippen molar-refractivity contribution in [2.75, 3.05) is 0 Å². The molecule has 102 valence electrons. The molecule has 0 aromatic rings. The molecular formula is C16H26O2. The lowest BCUT2D eigenvalue weighted by molar-refractivity contribution is -0.157. The molecule has 3 aliphatic carbocycles. The second kappa shape index (κ2) is 3.52. The van der Waals surface area contributed by atoms with Gasteiger partial charge in [0.25, 0.3) is 6.47 Å². The molecule has 1 spiro atoms. The molecule has 0 unspecified atom stereocenters. The van der Waals surface area contributed by atoms with Crippen LogP contribution in [0.2, 0.25) is 0 Å². The van der Waals surface area contributed by atoms with Gasteiger partial charge in [0.1, 0.15) is 5.60 Å². The Morgan fingerprint density at radius 2 is 1.83 bits per heavy atom. The summed E-state index contributed by atoms with van der Waals surface area (Å²) in [5.41, 5.74) is 0.652. The summed E-state index contributed by atoms with van der Waals surface area (Å²) in [5.74, 6) is 2.23. The molecule has 0 N–H and O–H groups in total. The van der Waals surface area contributed by atoms with Crippen LogP contribution in [0, 0.1) is 28.6 Å². The fourth-order valence-electron chi connectivity index (χ4n) is 6.11. The summed E-state index contributed by atoms with van der Waals surface area (Å²) in [5, 5.41) is 0. The summed E-state index contributed by atoms with van der Waals surface area (Å²) < 4.78 is 5.55. The largest absolute Gasteiger partial charge is 0.461 e. The lowest BCUT2D eigenvalue weighted by Gasteiger charge is -2.45. The third-order valence-electron chi connectivity index (χ3n) is 7.09. The van der Waals surface area contributed by atoms with Crippen molar-refractivity contribution < 1.29 is 9.53 Å². The molecule has 0 aromatic heterocycles. The monoisotopic (exact) mass is 250 g/mol. The topological polar surface area (TPSA) is 26.3 Å². The Morgan fingerprint density at radius 3 is 2.50 bits per heavy atom. The third kappa shape index (κ3) is 1.27. The Morgan fingerprint density at radius 1 is 1.11 bits per heavy atom. The molecule has 0 radical (unpaired) electrons. The highest BCUT2D eigenvalue weighted by molar-refractivity contribution is 5.39. The number of carbonyl (C=O) groups excluding carboxylic acids is 1. The maximum atomic E-state index is 10.9. The van der Waals surface area contributed by atoms with E-state index in [0.717, 1.165) is 18.3 Å². The van der Waals surface area contributed by atoms with Crippen LogP contribution in [0.1, 0.15) is 59.8 Å². The van der Waals surface area contributed by atoms with Gasteiger partial charge in [-0.25, -0.2) is 0 Å². The molecule has 0 aromatic carbocycles. The van der Waals surface area contributed by atoms with E-state index in [9.17, 15) is 4.79 Å². The van der Waals surface area contributed by atoms with Gasteiger partial charge in [-0.15, -0.1) is 0 Å². The first-order valence-corrected chi connectivity index (χ1v) is 7.48. The Kier molecular flexibility index (Phi) is 2.44. The number of ether oxygens (including phenoxy) is 1. The van der Waals surface area contributed by atoms with Crippen molar-refractivity contribution in [1.29, 1.82) is 0 Å². The van der Waals surface area contributed by atoms with E-state index in [2.05, 4.69) is 27.7 Å². The molecule has 0 amide bonds. The van der Waals surface area contributed by atoms with Crippen LogP contribution in [0.4, 0.5) is 0 Å². The van der Waals surface area contributed by atoms with Gasteiger partial charge in [-0.2, -0.15) is 0 Å². The van der Waals surface area contributed by atoms with Gasteiger partial charge in [0, 0.05) is 5.92 Å². The van der Waals surface area contributed by atoms with Gasteiger partial charge in [0.2, 0.25) is 0 Å². The molecule has 5 atom stereocenters. The lowest BCUT2D eigenvalue weighted by Crippen LogP contribution is -2.46. The summed E-state index contributed by atoms with van der Waals surface area (Å²) in [6.45, 7) is 10.1. The van der Waals surface area contributed by atoms with Gasteiger partial charge < -0.3 is 4.74 Å². The van der Waals surface area contributed by atoms with Gasteiger partial charge in [-0.3, -0.25) is 4.79 Å². The second-order valence-corrected chi connectivity index (χ2v) is 7.87. The van der Waals surface area contributed by atoms with Crippen molar-refractivity contribution in [3.63, 3.8) is 0 Å². The molecular weight excluding hydrogens is 224 g/mol. The van der Waals surface area contributed by atoms with Crippen molar-refractivity contribution in [2.24, 2.45) is 28.6 Å². The zero-order chi connectivity index (χ0) is 13.2. The number of carbonyl (C=O) groups is 1. The summed E-state index contributed by atoms with van der Waals surface area (Å²) >= 11 is 0. The number of rotatable bonds is 2. The van der Waals surface area contributed by atoms with Gasteiger partial charge in [0.05, 0.1) is 0 Å². The Hall–Kier alpha value is -0.530. The maximum Gasteiger partial charge on any atom is 0.293 e. The Balaban J connectivity index is 2.01.